The minimum Gasteiger partial charge on any atom is -0.465 e. The van der Waals surface area contributed by atoms with Crippen molar-refractivity contribution >= 4 is 40.2 Å². The van der Waals surface area contributed by atoms with Crippen molar-refractivity contribution in [1.29, 1.82) is 0 Å². The van der Waals surface area contributed by atoms with Gasteiger partial charge in [0.25, 0.3) is 0 Å². The number of ether oxygens (including phenoxy) is 1. The number of nitrogens with zero attached hydrogens (tertiary/aromatic N) is 1. The molecule has 7 nitrogen and oxygen atoms in total. The summed E-state index contributed by atoms with van der Waals surface area (Å²) < 4.78 is 19.6. The van der Waals surface area contributed by atoms with Gasteiger partial charge in [-0.3, -0.25) is 19.2 Å². The zero-order valence-electron chi connectivity index (χ0n) is 26.4. The van der Waals surface area contributed by atoms with Crippen molar-refractivity contribution in [2.75, 3.05) is 25.6 Å². The fourth-order valence-electron chi connectivity index (χ4n) is 9.51. The molecule has 4 fully saturated rings. The smallest absolute Gasteiger partial charge is 0.309 e. The molecule has 0 amide bonds. The van der Waals surface area contributed by atoms with Crippen molar-refractivity contribution in [3.05, 3.63) is 58.7 Å². The summed E-state index contributed by atoms with van der Waals surface area (Å²) in [5.41, 5.74) is -2.18. The summed E-state index contributed by atoms with van der Waals surface area (Å²) in [5.74, 6) is -0.425. The SMILES string of the molecule is CC1C2CC3CN(Cc4ccc(Cl)cc4)OC3(C(=O)SCCC3CCOC3=O)C2(C)CC(O)C1(C)C1(C)C=CC(=O)C=C1CF. The van der Waals surface area contributed by atoms with Crippen LogP contribution in [0, 0.1) is 39.9 Å². The van der Waals surface area contributed by atoms with Crippen molar-refractivity contribution in [3.63, 3.8) is 0 Å². The minimum absolute atomic E-state index is 0.00773. The summed E-state index contributed by atoms with van der Waals surface area (Å²) in [6, 6.07) is 7.57. The molecule has 6 rings (SSSR count). The summed E-state index contributed by atoms with van der Waals surface area (Å²) in [6.07, 6.45) is 5.97. The van der Waals surface area contributed by atoms with Crippen LogP contribution < -0.4 is 0 Å². The lowest BCUT2D eigenvalue weighted by atomic mass is 9.43. The van der Waals surface area contributed by atoms with E-state index in [-0.39, 0.29) is 40.5 Å². The maximum atomic E-state index is 14.6. The number of benzene rings is 1. The lowest BCUT2D eigenvalue weighted by Crippen LogP contribution is -2.64. The number of ketones is 1. The Morgan fingerprint density at radius 1 is 1.20 bits per heavy atom. The fourth-order valence-corrected chi connectivity index (χ4v) is 10.9. The van der Waals surface area contributed by atoms with Crippen LogP contribution in [0.15, 0.2) is 48.1 Å². The third-order valence-corrected chi connectivity index (χ3v) is 13.7. The van der Waals surface area contributed by atoms with E-state index in [0.717, 1.165) is 5.56 Å². The number of hydrogen-bond acceptors (Lipinski definition) is 8. The molecule has 9 unspecified atom stereocenters. The molecule has 0 spiro atoms. The van der Waals surface area contributed by atoms with E-state index in [2.05, 4.69) is 13.8 Å². The molecule has 45 heavy (non-hydrogen) atoms. The number of allylic oxidation sites excluding steroid dienone is 4. The van der Waals surface area contributed by atoms with Crippen molar-refractivity contribution in [1.82, 2.24) is 5.06 Å². The first-order chi connectivity index (χ1) is 21.3. The third-order valence-electron chi connectivity index (χ3n) is 12.5. The molecular weight excluding hydrogens is 617 g/mol. The normalized spacial score (nSPS) is 41.1. The molecule has 0 bridgehead atoms. The van der Waals surface area contributed by atoms with Crippen molar-refractivity contribution in [3.8, 4) is 0 Å². The van der Waals surface area contributed by atoms with Gasteiger partial charge in [-0.25, -0.2) is 4.39 Å². The Morgan fingerprint density at radius 2 is 1.93 bits per heavy atom. The molecule has 5 aliphatic rings. The topological polar surface area (TPSA) is 93.1 Å². The molecular formula is C35H43ClFNO6S. The van der Waals surface area contributed by atoms with Crippen LogP contribution in [0.2, 0.25) is 5.02 Å². The Bertz CT molecular complexity index is 1440. The van der Waals surface area contributed by atoms with Crippen molar-refractivity contribution in [2.24, 2.45) is 39.9 Å². The summed E-state index contributed by atoms with van der Waals surface area (Å²) in [7, 11) is 0. The highest BCUT2D eigenvalue weighted by Crippen LogP contribution is 2.72. The Morgan fingerprint density at radius 3 is 2.60 bits per heavy atom. The average Bonchev–Trinajstić information content (AvgIpc) is 3.65. The summed E-state index contributed by atoms with van der Waals surface area (Å²) >= 11 is 7.34. The molecule has 10 heteroatoms. The molecule has 0 radical (unpaired) electrons. The molecule has 2 aliphatic heterocycles. The molecule has 244 valence electrons. The second-order valence-electron chi connectivity index (χ2n) is 14.3. The number of carbonyl (C=O) groups excluding carboxylic acids is 3. The number of thioether (sulfide) groups is 1. The van der Waals surface area contributed by atoms with E-state index in [4.69, 9.17) is 21.2 Å². The molecule has 0 aromatic heterocycles. The highest BCUT2D eigenvalue weighted by Gasteiger charge is 2.76. The Balaban J connectivity index is 1.33. The lowest BCUT2D eigenvalue weighted by molar-refractivity contribution is -0.256. The van der Waals surface area contributed by atoms with E-state index in [1.807, 2.05) is 43.2 Å². The standard InChI is InChI=1S/C35H43ClFNO6S/c1-21-28-16-25-20-38(19-22-5-7-26(36)8-6-22)44-35(25,31(42)45-14-11-23-10-13-43-30(23)41)33(28,3)17-29(40)34(21,4)32(2)12-9-27(39)15-24(32)18-37/h5-9,12,15,21,23,25,28-29,40H,10-11,13-14,16-20H2,1-4H3. The van der Waals surface area contributed by atoms with Gasteiger partial charge in [0.1, 0.15) is 6.67 Å². The zero-order valence-corrected chi connectivity index (χ0v) is 28.0. The first kappa shape index (κ1) is 32.9. The van der Waals surface area contributed by atoms with Crippen LogP contribution in [0.3, 0.4) is 0 Å². The fraction of sp³-hybridized carbons (Fsp3) is 0.629. The van der Waals surface area contributed by atoms with Crippen molar-refractivity contribution in [2.45, 2.75) is 71.6 Å². The van der Waals surface area contributed by atoms with Gasteiger partial charge in [0.05, 0.1) is 18.6 Å². The predicted molar refractivity (Wildman–Crippen MR) is 171 cm³/mol. The number of hydroxylamine groups is 2. The van der Waals surface area contributed by atoms with E-state index in [1.54, 1.807) is 6.08 Å². The molecule has 1 aromatic carbocycles. The summed E-state index contributed by atoms with van der Waals surface area (Å²) in [6.45, 7) is 8.82. The number of rotatable bonds is 8. The molecule has 2 saturated carbocycles. The van der Waals surface area contributed by atoms with Gasteiger partial charge in [0.2, 0.25) is 5.12 Å². The van der Waals surface area contributed by atoms with E-state index >= 15 is 0 Å². The largest absolute Gasteiger partial charge is 0.465 e. The quantitative estimate of drug-likeness (QED) is 0.333. The van der Waals surface area contributed by atoms with E-state index in [9.17, 15) is 23.9 Å². The highest BCUT2D eigenvalue weighted by atomic mass is 35.5. The molecule has 2 heterocycles. The van der Waals surface area contributed by atoms with E-state index < -0.39 is 34.6 Å². The van der Waals surface area contributed by atoms with Crippen LogP contribution >= 0.6 is 23.4 Å². The third kappa shape index (κ3) is 4.98. The number of aliphatic hydroxyl groups is 1. The first-order valence-corrected chi connectivity index (χ1v) is 17.4. The van der Waals surface area contributed by atoms with Crippen LogP contribution in [-0.4, -0.2) is 64.3 Å². The number of halogens is 2. The molecule has 1 N–H and O–H groups in total. The van der Waals surface area contributed by atoms with Gasteiger partial charge in [0.15, 0.2) is 11.4 Å². The number of cyclic esters (lactones) is 1. The average molecular weight is 660 g/mol. The number of aliphatic hydroxyl groups excluding tert-OH is 1. The van der Waals surface area contributed by atoms with E-state index in [0.29, 0.717) is 61.7 Å². The molecule has 2 saturated heterocycles. The van der Waals surface area contributed by atoms with Crippen LogP contribution in [0.1, 0.15) is 58.9 Å². The lowest BCUT2D eigenvalue weighted by Gasteiger charge is -2.62. The van der Waals surface area contributed by atoms with Crippen LogP contribution in [0.25, 0.3) is 0 Å². The van der Waals surface area contributed by atoms with Gasteiger partial charge in [-0.1, -0.05) is 69.3 Å². The summed E-state index contributed by atoms with van der Waals surface area (Å²) in [5, 5.41) is 14.6. The van der Waals surface area contributed by atoms with Crippen LogP contribution in [0.4, 0.5) is 4.39 Å². The number of fused-ring (bicyclic) bond motifs is 3. The van der Waals surface area contributed by atoms with Gasteiger partial charge in [-0.15, -0.1) is 0 Å². The van der Waals surface area contributed by atoms with E-state index in [1.165, 1.54) is 23.9 Å². The number of carbonyl (C=O) groups is 3. The van der Waals surface area contributed by atoms with Crippen LogP contribution in [-0.2, 0) is 30.5 Å². The van der Waals surface area contributed by atoms with Crippen LogP contribution in [0.5, 0.6) is 0 Å². The number of hydrogen-bond donors (Lipinski definition) is 1. The highest BCUT2D eigenvalue weighted by molar-refractivity contribution is 8.13. The minimum atomic E-state index is -1.18. The monoisotopic (exact) mass is 659 g/mol. The molecule has 9 atom stereocenters. The first-order valence-electron chi connectivity index (χ1n) is 16.0. The second kappa shape index (κ2) is 11.9. The van der Waals surface area contributed by atoms with Crippen molar-refractivity contribution < 1.29 is 33.5 Å². The Kier molecular flexibility index (Phi) is 8.69. The maximum absolute atomic E-state index is 14.6. The number of esters is 1. The maximum Gasteiger partial charge on any atom is 0.309 e. The molecule has 1 aromatic rings. The van der Waals surface area contributed by atoms with Gasteiger partial charge >= 0.3 is 5.97 Å². The zero-order chi connectivity index (χ0) is 32.4. The van der Waals surface area contributed by atoms with Gasteiger partial charge in [-0.2, -0.15) is 5.06 Å². The predicted octanol–water partition coefficient (Wildman–Crippen LogP) is 6.13. The Hall–Kier alpha value is -2.04. The second-order valence-corrected chi connectivity index (χ2v) is 15.8. The van der Waals surface area contributed by atoms with Gasteiger partial charge < -0.3 is 9.84 Å². The number of alkyl halides is 1. The Labute approximate surface area is 273 Å². The molecule has 3 aliphatic carbocycles. The van der Waals surface area contributed by atoms with Gasteiger partial charge in [0, 0.05) is 46.0 Å². The summed E-state index contributed by atoms with van der Waals surface area (Å²) in [4.78, 5) is 45.8. The van der Waals surface area contributed by atoms with Gasteiger partial charge in [-0.05, 0) is 72.9 Å².